The summed E-state index contributed by atoms with van der Waals surface area (Å²) in [6.07, 6.45) is 2.34. The number of nitrogens with zero attached hydrogens (tertiary/aromatic N) is 1. The van der Waals surface area contributed by atoms with Gasteiger partial charge in [-0.3, -0.25) is 14.4 Å². The predicted octanol–water partition coefficient (Wildman–Crippen LogP) is -0.164. The van der Waals surface area contributed by atoms with Gasteiger partial charge in [-0.05, 0) is 25.7 Å². The van der Waals surface area contributed by atoms with Crippen LogP contribution >= 0.6 is 0 Å². The van der Waals surface area contributed by atoms with E-state index in [-0.39, 0.29) is 17.7 Å². The minimum Gasteiger partial charge on any atom is -0.480 e. The molecule has 2 rings (SSSR count). The van der Waals surface area contributed by atoms with Crippen LogP contribution < -0.4 is 5.32 Å². The van der Waals surface area contributed by atoms with E-state index in [4.69, 9.17) is 5.11 Å². The molecule has 1 saturated heterocycles. The van der Waals surface area contributed by atoms with E-state index in [0.29, 0.717) is 25.9 Å². The first-order chi connectivity index (χ1) is 8.51. The molecule has 0 aromatic carbocycles. The van der Waals surface area contributed by atoms with Gasteiger partial charge in [0.05, 0.1) is 5.92 Å². The molecule has 6 heteroatoms. The number of amides is 2. The summed E-state index contributed by atoms with van der Waals surface area (Å²) in [7, 11) is 1.57. The van der Waals surface area contributed by atoms with Crippen molar-refractivity contribution in [3.63, 3.8) is 0 Å². The lowest BCUT2D eigenvalue weighted by Gasteiger charge is -2.33. The third-order valence-corrected chi connectivity index (χ3v) is 3.89. The quantitative estimate of drug-likeness (QED) is 0.685. The van der Waals surface area contributed by atoms with Crippen molar-refractivity contribution in [3.8, 4) is 0 Å². The SMILES string of the molecule is CNC(=O)C1CCCN(C(=O)C2(C(=O)O)CC2)C1. The molecule has 6 nitrogen and oxygen atoms in total. The molecule has 0 bridgehead atoms. The molecule has 2 N–H and O–H groups in total. The van der Waals surface area contributed by atoms with Gasteiger partial charge in [-0.15, -0.1) is 0 Å². The molecule has 0 aromatic rings. The highest BCUT2D eigenvalue weighted by Crippen LogP contribution is 2.47. The molecule has 1 heterocycles. The number of carbonyl (C=O) groups is 3. The number of hydrogen-bond donors (Lipinski definition) is 2. The van der Waals surface area contributed by atoms with E-state index in [0.717, 1.165) is 12.8 Å². The number of piperidine rings is 1. The number of carboxylic acids is 1. The van der Waals surface area contributed by atoms with Crippen LogP contribution in [-0.4, -0.2) is 47.9 Å². The Hall–Kier alpha value is -1.59. The standard InChI is InChI=1S/C12H18N2O4/c1-13-9(15)8-3-2-6-14(7-8)10(16)12(4-5-12)11(17)18/h8H,2-7H2,1H3,(H,13,15)(H,17,18). The van der Waals surface area contributed by atoms with Crippen LogP contribution in [0.4, 0.5) is 0 Å². The lowest BCUT2D eigenvalue weighted by molar-refractivity contribution is -0.154. The van der Waals surface area contributed by atoms with E-state index >= 15 is 0 Å². The third kappa shape index (κ3) is 2.07. The molecule has 1 saturated carbocycles. The van der Waals surface area contributed by atoms with Gasteiger partial charge in [-0.2, -0.15) is 0 Å². The van der Waals surface area contributed by atoms with Crippen LogP contribution in [-0.2, 0) is 14.4 Å². The van der Waals surface area contributed by atoms with Crippen molar-refractivity contribution in [2.24, 2.45) is 11.3 Å². The Morgan fingerprint density at radius 2 is 2.00 bits per heavy atom. The lowest BCUT2D eigenvalue weighted by atomic mass is 9.95. The molecule has 1 aliphatic heterocycles. The Morgan fingerprint density at radius 1 is 1.33 bits per heavy atom. The molecule has 2 amide bonds. The Labute approximate surface area is 105 Å². The first-order valence-corrected chi connectivity index (χ1v) is 6.25. The second-order valence-electron chi connectivity index (χ2n) is 5.09. The second-order valence-corrected chi connectivity index (χ2v) is 5.09. The predicted molar refractivity (Wildman–Crippen MR) is 62.7 cm³/mol. The van der Waals surface area contributed by atoms with Crippen LogP contribution in [0.5, 0.6) is 0 Å². The minimum atomic E-state index is -1.19. The highest BCUT2D eigenvalue weighted by atomic mass is 16.4. The van der Waals surface area contributed by atoms with Crippen LogP contribution in [0.1, 0.15) is 25.7 Å². The summed E-state index contributed by atoms with van der Waals surface area (Å²) in [5, 5.41) is 11.7. The molecule has 2 fully saturated rings. The molecule has 18 heavy (non-hydrogen) atoms. The van der Waals surface area contributed by atoms with Crippen molar-refractivity contribution < 1.29 is 19.5 Å². The Morgan fingerprint density at radius 3 is 2.50 bits per heavy atom. The minimum absolute atomic E-state index is 0.0762. The van der Waals surface area contributed by atoms with Gasteiger partial charge in [0.2, 0.25) is 11.8 Å². The number of nitrogens with one attached hydrogen (secondary N) is 1. The highest BCUT2D eigenvalue weighted by molar-refractivity contribution is 6.05. The largest absolute Gasteiger partial charge is 0.480 e. The average Bonchev–Trinajstić information content (AvgIpc) is 3.18. The van der Waals surface area contributed by atoms with Crippen molar-refractivity contribution >= 4 is 17.8 Å². The average molecular weight is 254 g/mol. The lowest BCUT2D eigenvalue weighted by Crippen LogP contribution is -2.48. The van der Waals surface area contributed by atoms with Crippen molar-refractivity contribution in [3.05, 3.63) is 0 Å². The van der Waals surface area contributed by atoms with E-state index in [9.17, 15) is 14.4 Å². The monoisotopic (exact) mass is 254 g/mol. The van der Waals surface area contributed by atoms with E-state index in [1.165, 1.54) is 0 Å². The maximum Gasteiger partial charge on any atom is 0.319 e. The second kappa shape index (κ2) is 4.59. The van der Waals surface area contributed by atoms with Gasteiger partial charge in [0.1, 0.15) is 5.41 Å². The number of carbonyl (C=O) groups excluding carboxylic acids is 2. The number of hydrogen-bond acceptors (Lipinski definition) is 3. The first-order valence-electron chi connectivity index (χ1n) is 6.25. The van der Waals surface area contributed by atoms with Gasteiger partial charge in [0.25, 0.3) is 0 Å². The van der Waals surface area contributed by atoms with Crippen LogP contribution in [0.15, 0.2) is 0 Å². The maximum atomic E-state index is 12.2. The molecule has 0 aromatic heterocycles. The molecule has 0 radical (unpaired) electrons. The Balaban J connectivity index is 2.03. The topological polar surface area (TPSA) is 86.7 Å². The van der Waals surface area contributed by atoms with Crippen molar-refractivity contribution in [1.29, 1.82) is 0 Å². The van der Waals surface area contributed by atoms with Crippen LogP contribution in [0.2, 0.25) is 0 Å². The fourth-order valence-corrected chi connectivity index (χ4v) is 2.53. The zero-order valence-electron chi connectivity index (χ0n) is 10.4. The highest BCUT2D eigenvalue weighted by Gasteiger charge is 2.58. The molecular weight excluding hydrogens is 236 g/mol. The summed E-state index contributed by atoms with van der Waals surface area (Å²) >= 11 is 0. The molecule has 2 aliphatic rings. The number of carboxylic acid groups (broad SMARTS) is 1. The number of rotatable bonds is 3. The normalized spacial score (nSPS) is 25.4. The summed E-state index contributed by atoms with van der Waals surface area (Å²) in [6.45, 7) is 0.898. The zero-order chi connectivity index (χ0) is 13.3. The van der Waals surface area contributed by atoms with Gasteiger partial charge in [-0.1, -0.05) is 0 Å². The van der Waals surface area contributed by atoms with Crippen molar-refractivity contribution in [1.82, 2.24) is 10.2 Å². The summed E-state index contributed by atoms with van der Waals surface area (Å²) < 4.78 is 0. The summed E-state index contributed by atoms with van der Waals surface area (Å²) in [5.74, 6) is -1.64. The molecule has 1 atom stereocenters. The van der Waals surface area contributed by atoms with Crippen LogP contribution in [0, 0.1) is 11.3 Å². The molecular formula is C12H18N2O4. The summed E-state index contributed by atoms with van der Waals surface area (Å²) in [5.41, 5.74) is -1.19. The van der Waals surface area contributed by atoms with Crippen molar-refractivity contribution in [2.75, 3.05) is 20.1 Å². The van der Waals surface area contributed by atoms with E-state index in [1.54, 1.807) is 11.9 Å². The Kier molecular flexibility index (Phi) is 3.28. The van der Waals surface area contributed by atoms with Gasteiger partial charge < -0.3 is 15.3 Å². The third-order valence-electron chi connectivity index (χ3n) is 3.89. The molecule has 1 aliphatic carbocycles. The molecule has 1 unspecified atom stereocenters. The van der Waals surface area contributed by atoms with Crippen LogP contribution in [0.3, 0.4) is 0 Å². The van der Waals surface area contributed by atoms with E-state index < -0.39 is 11.4 Å². The smallest absolute Gasteiger partial charge is 0.319 e. The first kappa shape index (κ1) is 12.9. The van der Waals surface area contributed by atoms with Gasteiger partial charge >= 0.3 is 5.97 Å². The van der Waals surface area contributed by atoms with Gasteiger partial charge in [-0.25, -0.2) is 0 Å². The fraction of sp³-hybridized carbons (Fsp3) is 0.750. The van der Waals surface area contributed by atoms with Gasteiger partial charge in [0.15, 0.2) is 0 Å². The zero-order valence-corrected chi connectivity index (χ0v) is 10.4. The summed E-state index contributed by atoms with van der Waals surface area (Å²) in [4.78, 5) is 36.4. The maximum absolute atomic E-state index is 12.2. The van der Waals surface area contributed by atoms with E-state index in [2.05, 4.69) is 5.32 Å². The molecule has 100 valence electrons. The molecule has 0 spiro atoms. The summed E-state index contributed by atoms with van der Waals surface area (Å²) in [6, 6.07) is 0. The Bertz CT molecular complexity index is 390. The van der Waals surface area contributed by atoms with E-state index in [1.807, 2.05) is 0 Å². The fourth-order valence-electron chi connectivity index (χ4n) is 2.53. The number of likely N-dealkylation sites (tertiary alicyclic amines) is 1. The van der Waals surface area contributed by atoms with Gasteiger partial charge in [0, 0.05) is 20.1 Å². The number of aliphatic carboxylic acids is 1. The van der Waals surface area contributed by atoms with Crippen LogP contribution in [0.25, 0.3) is 0 Å². The van der Waals surface area contributed by atoms with Crippen molar-refractivity contribution in [2.45, 2.75) is 25.7 Å².